The fourth-order valence-electron chi connectivity index (χ4n) is 1.72. The normalized spacial score (nSPS) is 10.7. The topological polar surface area (TPSA) is 47.7 Å². The summed E-state index contributed by atoms with van der Waals surface area (Å²) < 4.78 is 11.1. The monoisotopic (exact) mass is 252 g/mol. The summed E-state index contributed by atoms with van der Waals surface area (Å²) in [4.78, 5) is 2.14. The van der Waals surface area contributed by atoms with Gasteiger partial charge in [0.05, 0.1) is 13.7 Å². The first-order valence-corrected chi connectivity index (χ1v) is 6.32. The Morgan fingerprint density at radius 2 is 2.00 bits per heavy atom. The van der Waals surface area contributed by atoms with Gasteiger partial charge in [-0.15, -0.1) is 0 Å². The van der Waals surface area contributed by atoms with E-state index in [1.165, 1.54) is 5.56 Å². The lowest BCUT2D eigenvalue weighted by atomic mass is 10.1. The minimum atomic E-state index is 0.645. The van der Waals surface area contributed by atoms with Gasteiger partial charge in [0.2, 0.25) is 0 Å². The minimum Gasteiger partial charge on any atom is -0.493 e. The van der Waals surface area contributed by atoms with Crippen molar-refractivity contribution in [3.63, 3.8) is 0 Å². The number of methoxy groups -OCH3 is 1. The van der Waals surface area contributed by atoms with E-state index in [1.54, 1.807) is 7.11 Å². The third kappa shape index (κ3) is 4.94. The number of ether oxygens (including phenoxy) is 2. The first-order chi connectivity index (χ1) is 8.67. The summed E-state index contributed by atoms with van der Waals surface area (Å²) >= 11 is 0. The molecule has 0 saturated heterocycles. The van der Waals surface area contributed by atoms with Crippen molar-refractivity contribution in [2.75, 3.05) is 40.9 Å². The van der Waals surface area contributed by atoms with Crippen LogP contribution in [0.4, 0.5) is 0 Å². The molecular formula is C14H24N2O2. The van der Waals surface area contributed by atoms with E-state index < -0.39 is 0 Å². The molecule has 0 aliphatic heterocycles. The number of rotatable bonds is 8. The van der Waals surface area contributed by atoms with Gasteiger partial charge in [0.1, 0.15) is 0 Å². The van der Waals surface area contributed by atoms with E-state index in [9.17, 15) is 0 Å². The largest absolute Gasteiger partial charge is 0.493 e. The Balaban J connectivity index is 2.54. The highest BCUT2D eigenvalue weighted by molar-refractivity contribution is 5.43. The molecule has 1 rings (SSSR count). The van der Waals surface area contributed by atoms with Crippen molar-refractivity contribution in [3.05, 3.63) is 23.8 Å². The number of nitrogens with zero attached hydrogens (tertiary/aromatic N) is 1. The molecule has 4 heteroatoms. The standard InChI is InChI=1S/C14H24N2O2/c1-16(2)9-4-10-18-13-6-5-12(7-8-15)11-14(13)17-3/h5-6,11H,4,7-10,15H2,1-3H3. The van der Waals surface area contributed by atoms with Crippen molar-refractivity contribution >= 4 is 0 Å². The third-order valence-electron chi connectivity index (χ3n) is 2.67. The summed E-state index contributed by atoms with van der Waals surface area (Å²) in [6, 6.07) is 5.99. The second kappa shape index (κ2) is 7.95. The van der Waals surface area contributed by atoms with Crippen LogP contribution in [-0.4, -0.2) is 45.8 Å². The maximum atomic E-state index is 5.73. The van der Waals surface area contributed by atoms with Crippen molar-refractivity contribution in [2.45, 2.75) is 12.8 Å². The molecule has 0 spiro atoms. The molecule has 0 atom stereocenters. The number of hydrogen-bond donors (Lipinski definition) is 1. The van der Waals surface area contributed by atoms with Crippen molar-refractivity contribution in [1.82, 2.24) is 4.90 Å². The highest BCUT2D eigenvalue weighted by atomic mass is 16.5. The van der Waals surface area contributed by atoms with E-state index in [2.05, 4.69) is 19.0 Å². The predicted molar refractivity (Wildman–Crippen MR) is 74.4 cm³/mol. The Morgan fingerprint density at radius 1 is 1.22 bits per heavy atom. The molecule has 0 saturated carbocycles. The molecule has 1 aromatic carbocycles. The summed E-state index contributed by atoms with van der Waals surface area (Å²) in [7, 11) is 5.78. The molecule has 0 heterocycles. The highest BCUT2D eigenvalue weighted by Crippen LogP contribution is 2.28. The second-order valence-electron chi connectivity index (χ2n) is 4.53. The maximum absolute atomic E-state index is 5.73. The molecule has 0 fully saturated rings. The zero-order valence-corrected chi connectivity index (χ0v) is 11.6. The SMILES string of the molecule is COc1cc(CCN)ccc1OCCCN(C)C. The van der Waals surface area contributed by atoms with Crippen LogP contribution in [0.2, 0.25) is 0 Å². The molecule has 0 amide bonds. The lowest BCUT2D eigenvalue weighted by molar-refractivity contribution is 0.268. The molecule has 18 heavy (non-hydrogen) atoms. The molecular weight excluding hydrogens is 228 g/mol. The van der Waals surface area contributed by atoms with Gasteiger partial charge in [-0.2, -0.15) is 0 Å². The van der Waals surface area contributed by atoms with Crippen molar-refractivity contribution in [3.8, 4) is 11.5 Å². The Kier molecular flexibility index (Phi) is 6.54. The zero-order valence-electron chi connectivity index (χ0n) is 11.6. The fourth-order valence-corrected chi connectivity index (χ4v) is 1.72. The van der Waals surface area contributed by atoms with Crippen LogP contribution in [0.5, 0.6) is 11.5 Å². The molecule has 0 aliphatic rings. The van der Waals surface area contributed by atoms with E-state index in [0.717, 1.165) is 30.9 Å². The number of nitrogens with two attached hydrogens (primary N) is 1. The third-order valence-corrected chi connectivity index (χ3v) is 2.67. The fraction of sp³-hybridized carbons (Fsp3) is 0.571. The summed E-state index contributed by atoms with van der Waals surface area (Å²) in [5.41, 5.74) is 6.72. The Labute approximate surface area is 110 Å². The van der Waals surface area contributed by atoms with Gasteiger partial charge < -0.3 is 20.1 Å². The van der Waals surface area contributed by atoms with E-state index in [4.69, 9.17) is 15.2 Å². The molecule has 4 nitrogen and oxygen atoms in total. The van der Waals surface area contributed by atoms with E-state index >= 15 is 0 Å². The average Bonchev–Trinajstić information content (AvgIpc) is 2.35. The Morgan fingerprint density at radius 3 is 2.61 bits per heavy atom. The Bertz CT molecular complexity index is 354. The molecule has 0 radical (unpaired) electrons. The first kappa shape index (κ1) is 14.8. The summed E-state index contributed by atoms with van der Waals surface area (Å²) in [5.74, 6) is 1.59. The van der Waals surface area contributed by atoms with Crippen molar-refractivity contribution in [2.24, 2.45) is 5.73 Å². The summed E-state index contributed by atoms with van der Waals surface area (Å²) in [5, 5.41) is 0. The van der Waals surface area contributed by atoms with Gasteiger partial charge in [0.15, 0.2) is 11.5 Å². The molecule has 2 N–H and O–H groups in total. The smallest absolute Gasteiger partial charge is 0.161 e. The second-order valence-corrected chi connectivity index (χ2v) is 4.53. The van der Waals surface area contributed by atoms with Crippen molar-refractivity contribution < 1.29 is 9.47 Å². The van der Waals surface area contributed by atoms with Crippen LogP contribution in [0, 0.1) is 0 Å². The van der Waals surface area contributed by atoms with Gasteiger partial charge in [0, 0.05) is 6.54 Å². The maximum Gasteiger partial charge on any atom is 0.161 e. The summed E-state index contributed by atoms with van der Waals surface area (Å²) in [6.45, 7) is 2.37. The molecule has 0 bridgehead atoms. The van der Waals surface area contributed by atoms with E-state index in [0.29, 0.717) is 13.2 Å². The van der Waals surface area contributed by atoms with Crippen LogP contribution in [0.15, 0.2) is 18.2 Å². The van der Waals surface area contributed by atoms with E-state index in [-0.39, 0.29) is 0 Å². The van der Waals surface area contributed by atoms with Crippen LogP contribution in [0.3, 0.4) is 0 Å². The average molecular weight is 252 g/mol. The van der Waals surface area contributed by atoms with Crippen molar-refractivity contribution in [1.29, 1.82) is 0 Å². The highest BCUT2D eigenvalue weighted by Gasteiger charge is 2.05. The van der Waals surface area contributed by atoms with Crippen LogP contribution >= 0.6 is 0 Å². The van der Waals surface area contributed by atoms with Crippen LogP contribution in [0.25, 0.3) is 0 Å². The lowest BCUT2D eigenvalue weighted by Crippen LogP contribution is -2.15. The number of hydrogen-bond acceptors (Lipinski definition) is 4. The van der Waals surface area contributed by atoms with Gasteiger partial charge in [-0.25, -0.2) is 0 Å². The van der Waals surface area contributed by atoms with Gasteiger partial charge in [-0.1, -0.05) is 6.07 Å². The van der Waals surface area contributed by atoms with Crippen LogP contribution in [-0.2, 0) is 6.42 Å². The Hall–Kier alpha value is -1.26. The molecule has 1 aromatic rings. The van der Waals surface area contributed by atoms with Gasteiger partial charge in [0.25, 0.3) is 0 Å². The molecule has 102 valence electrons. The van der Waals surface area contributed by atoms with Crippen LogP contribution in [0.1, 0.15) is 12.0 Å². The quantitative estimate of drug-likeness (QED) is 0.713. The first-order valence-electron chi connectivity index (χ1n) is 6.32. The molecule has 0 aliphatic carbocycles. The lowest BCUT2D eigenvalue weighted by Gasteiger charge is -2.13. The molecule has 0 aromatic heterocycles. The predicted octanol–water partition coefficient (Wildman–Crippen LogP) is 1.53. The van der Waals surface area contributed by atoms with E-state index in [1.807, 2.05) is 18.2 Å². The minimum absolute atomic E-state index is 0.645. The number of benzene rings is 1. The van der Waals surface area contributed by atoms with Gasteiger partial charge in [-0.05, 0) is 51.2 Å². The zero-order chi connectivity index (χ0) is 13.4. The molecule has 0 unspecified atom stereocenters. The summed E-state index contributed by atoms with van der Waals surface area (Å²) in [6.07, 6.45) is 1.86. The van der Waals surface area contributed by atoms with Gasteiger partial charge in [-0.3, -0.25) is 0 Å². The van der Waals surface area contributed by atoms with Gasteiger partial charge >= 0.3 is 0 Å². The van der Waals surface area contributed by atoms with Crippen LogP contribution < -0.4 is 15.2 Å².